The molecule has 1 aliphatic rings. The van der Waals surface area contributed by atoms with Crippen molar-refractivity contribution in [2.45, 2.75) is 19.4 Å². The molecule has 0 bridgehead atoms. The molecule has 0 saturated carbocycles. The Labute approximate surface area is 49.9 Å². The van der Waals surface area contributed by atoms with Crippen LogP contribution >= 0.6 is 0 Å². The van der Waals surface area contributed by atoms with E-state index in [0.29, 0.717) is 5.92 Å². The average molecular weight is 115 g/mol. The summed E-state index contributed by atoms with van der Waals surface area (Å²) in [6.45, 7) is 3.94. The lowest BCUT2D eigenvalue weighted by Crippen LogP contribution is -2.19. The lowest BCUT2D eigenvalue weighted by molar-refractivity contribution is 0.136. The van der Waals surface area contributed by atoms with Crippen LogP contribution in [0.25, 0.3) is 0 Å². The average Bonchev–Trinajstić information content (AvgIpc) is 2.12. The minimum Gasteiger partial charge on any atom is -0.393 e. The highest BCUT2D eigenvalue weighted by molar-refractivity contribution is 4.74. The minimum atomic E-state index is -0.120. The highest BCUT2D eigenvalue weighted by Crippen LogP contribution is 2.10. The van der Waals surface area contributed by atoms with Crippen LogP contribution in [0.1, 0.15) is 13.3 Å². The fourth-order valence-corrected chi connectivity index (χ4v) is 1.09. The second-order valence-corrected chi connectivity index (χ2v) is 2.49. The summed E-state index contributed by atoms with van der Waals surface area (Å²) in [5, 5.41) is 12.2. The van der Waals surface area contributed by atoms with E-state index in [1.165, 1.54) is 0 Å². The summed E-state index contributed by atoms with van der Waals surface area (Å²) in [6.07, 6.45) is 1.02. The van der Waals surface area contributed by atoms with Crippen LogP contribution < -0.4 is 5.32 Å². The Morgan fingerprint density at radius 2 is 2.50 bits per heavy atom. The van der Waals surface area contributed by atoms with Gasteiger partial charge in [0.05, 0.1) is 6.10 Å². The normalized spacial score (nSPS) is 33.0. The maximum atomic E-state index is 9.01. The molecular formula is C6H13NO. The van der Waals surface area contributed by atoms with Crippen LogP contribution in [0.3, 0.4) is 0 Å². The molecule has 2 heteroatoms. The van der Waals surface area contributed by atoms with Crippen LogP contribution in [0.5, 0.6) is 0 Å². The van der Waals surface area contributed by atoms with Crippen LogP contribution in [0.2, 0.25) is 0 Å². The molecule has 1 saturated heterocycles. The highest BCUT2D eigenvalue weighted by Gasteiger charge is 2.18. The summed E-state index contributed by atoms with van der Waals surface area (Å²) in [4.78, 5) is 0. The summed E-state index contributed by atoms with van der Waals surface area (Å²) >= 11 is 0. The maximum Gasteiger partial charge on any atom is 0.0552 e. The Kier molecular flexibility index (Phi) is 1.86. The first-order valence-corrected chi connectivity index (χ1v) is 3.19. The summed E-state index contributed by atoms with van der Waals surface area (Å²) in [6, 6.07) is 0. The third kappa shape index (κ3) is 1.20. The molecular weight excluding hydrogens is 102 g/mol. The first kappa shape index (κ1) is 6.05. The number of rotatable bonds is 1. The zero-order valence-electron chi connectivity index (χ0n) is 5.22. The molecule has 1 unspecified atom stereocenters. The monoisotopic (exact) mass is 115 g/mol. The molecule has 2 nitrogen and oxygen atoms in total. The molecule has 0 amide bonds. The van der Waals surface area contributed by atoms with Crippen LogP contribution in [0, 0.1) is 5.92 Å². The van der Waals surface area contributed by atoms with Gasteiger partial charge in [0.15, 0.2) is 0 Å². The predicted octanol–water partition coefficient (Wildman–Crippen LogP) is -0.0233. The van der Waals surface area contributed by atoms with Gasteiger partial charge in [0.2, 0.25) is 0 Å². The molecule has 0 radical (unpaired) electrons. The molecule has 8 heavy (non-hydrogen) atoms. The van der Waals surface area contributed by atoms with Gasteiger partial charge in [-0.15, -0.1) is 0 Å². The first-order chi connectivity index (χ1) is 3.80. The van der Waals surface area contributed by atoms with E-state index in [1.54, 1.807) is 0 Å². The van der Waals surface area contributed by atoms with Crippen molar-refractivity contribution in [2.24, 2.45) is 5.92 Å². The van der Waals surface area contributed by atoms with Crippen molar-refractivity contribution in [2.75, 3.05) is 13.1 Å². The SMILES string of the molecule is CC(O)[C@@H]1CCNC1. The molecule has 0 aliphatic carbocycles. The highest BCUT2D eigenvalue weighted by atomic mass is 16.3. The van der Waals surface area contributed by atoms with Gasteiger partial charge in [-0.3, -0.25) is 0 Å². The van der Waals surface area contributed by atoms with Crippen molar-refractivity contribution in [3.63, 3.8) is 0 Å². The number of hydrogen-bond acceptors (Lipinski definition) is 2. The molecule has 1 fully saturated rings. The van der Waals surface area contributed by atoms with Crippen LogP contribution in [0.15, 0.2) is 0 Å². The number of aliphatic hydroxyl groups excluding tert-OH is 1. The fourth-order valence-electron chi connectivity index (χ4n) is 1.09. The summed E-state index contributed by atoms with van der Waals surface area (Å²) in [7, 11) is 0. The van der Waals surface area contributed by atoms with E-state index < -0.39 is 0 Å². The van der Waals surface area contributed by atoms with Gasteiger partial charge in [-0.05, 0) is 25.8 Å². The molecule has 2 atom stereocenters. The molecule has 0 aromatic carbocycles. The van der Waals surface area contributed by atoms with Gasteiger partial charge < -0.3 is 10.4 Å². The van der Waals surface area contributed by atoms with E-state index in [4.69, 9.17) is 5.11 Å². The van der Waals surface area contributed by atoms with Gasteiger partial charge in [-0.2, -0.15) is 0 Å². The topological polar surface area (TPSA) is 32.3 Å². The molecule has 48 valence electrons. The standard InChI is InChI=1S/C6H13NO/c1-5(8)6-2-3-7-4-6/h5-8H,2-4H2,1H3/t5?,6-/m1/s1. The predicted molar refractivity (Wildman–Crippen MR) is 32.7 cm³/mol. The van der Waals surface area contributed by atoms with Crippen molar-refractivity contribution < 1.29 is 5.11 Å². The Bertz CT molecular complexity index is 66.9. The molecule has 1 aliphatic heterocycles. The van der Waals surface area contributed by atoms with Crippen molar-refractivity contribution in [3.8, 4) is 0 Å². The van der Waals surface area contributed by atoms with Gasteiger partial charge in [0, 0.05) is 6.54 Å². The lowest BCUT2D eigenvalue weighted by Gasteiger charge is -2.09. The van der Waals surface area contributed by atoms with E-state index in [0.717, 1.165) is 19.5 Å². The number of nitrogens with one attached hydrogen (secondary N) is 1. The lowest BCUT2D eigenvalue weighted by atomic mass is 10.0. The Balaban J connectivity index is 2.24. The molecule has 2 N–H and O–H groups in total. The van der Waals surface area contributed by atoms with Crippen molar-refractivity contribution in [1.82, 2.24) is 5.32 Å². The third-order valence-electron chi connectivity index (χ3n) is 1.78. The summed E-state index contributed by atoms with van der Waals surface area (Å²) in [5.74, 6) is 0.509. The third-order valence-corrected chi connectivity index (χ3v) is 1.78. The number of hydrogen-bond donors (Lipinski definition) is 2. The van der Waals surface area contributed by atoms with Gasteiger partial charge in [-0.25, -0.2) is 0 Å². The second kappa shape index (κ2) is 2.46. The largest absolute Gasteiger partial charge is 0.393 e. The van der Waals surface area contributed by atoms with Crippen molar-refractivity contribution in [3.05, 3.63) is 0 Å². The summed E-state index contributed by atoms with van der Waals surface area (Å²) in [5.41, 5.74) is 0. The molecule has 1 heterocycles. The first-order valence-electron chi connectivity index (χ1n) is 3.19. The van der Waals surface area contributed by atoms with Gasteiger partial charge in [0.25, 0.3) is 0 Å². The van der Waals surface area contributed by atoms with Gasteiger partial charge in [-0.1, -0.05) is 0 Å². The van der Waals surface area contributed by atoms with E-state index in [-0.39, 0.29) is 6.10 Å². The van der Waals surface area contributed by atoms with E-state index >= 15 is 0 Å². The zero-order valence-corrected chi connectivity index (χ0v) is 5.22. The smallest absolute Gasteiger partial charge is 0.0552 e. The Morgan fingerprint density at radius 1 is 1.75 bits per heavy atom. The van der Waals surface area contributed by atoms with Crippen LogP contribution in [-0.2, 0) is 0 Å². The van der Waals surface area contributed by atoms with Crippen molar-refractivity contribution >= 4 is 0 Å². The van der Waals surface area contributed by atoms with E-state index in [1.807, 2.05) is 6.92 Å². The van der Waals surface area contributed by atoms with Crippen LogP contribution in [-0.4, -0.2) is 24.3 Å². The van der Waals surface area contributed by atoms with E-state index in [9.17, 15) is 0 Å². The van der Waals surface area contributed by atoms with Crippen LogP contribution in [0.4, 0.5) is 0 Å². The summed E-state index contributed by atoms with van der Waals surface area (Å²) < 4.78 is 0. The minimum absolute atomic E-state index is 0.120. The quantitative estimate of drug-likeness (QED) is 0.503. The molecule has 0 aromatic heterocycles. The Hall–Kier alpha value is -0.0800. The maximum absolute atomic E-state index is 9.01. The fraction of sp³-hybridized carbons (Fsp3) is 1.00. The van der Waals surface area contributed by atoms with Crippen molar-refractivity contribution in [1.29, 1.82) is 0 Å². The zero-order chi connectivity index (χ0) is 5.98. The Morgan fingerprint density at radius 3 is 2.75 bits per heavy atom. The van der Waals surface area contributed by atoms with Gasteiger partial charge >= 0.3 is 0 Å². The second-order valence-electron chi connectivity index (χ2n) is 2.49. The van der Waals surface area contributed by atoms with Gasteiger partial charge in [0.1, 0.15) is 0 Å². The molecule has 1 rings (SSSR count). The van der Waals surface area contributed by atoms with E-state index in [2.05, 4.69) is 5.32 Å². The molecule has 0 aromatic rings. The number of aliphatic hydroxyl groups is 1. The molecule has 0 spiro atoms.